The van der Waals surface area contributed by atoms with Crippen molar-refractivity contribution in [3.05, 3.63) is 34.7 Å². The van der Waals surface area contributed by atoms with Gasteiger partial charge in [0.15, 0.2) is 0 Å². The SMILES string of the molecule is Cc1nc(-c2ccc(NC3CCCC(C)C3C)cc2)cs1. The fourth-order valence-corrected chi connectivity index (χ4v) is 3.86. The lowest BCUT2D eigenvalue weighted by Crippen LogP contribution is -2.34. The first kappa shape index (κ1) is 14.6. The second-order valence-corrected chi connectivity index (χ2v) is 7.41. The third-order valence-electron chi connectivity index (χ3n) is 4.86. The van der Waals surface area contributed by atoms with Crippen molar-refractivity contribution >= 4 is 17.0 Å². The number of anilines is 1. The van der Waals surface area contributed by atoms with Gasteiger partial charge < -0.3 is 5.32 Å². The zero-order valence-electron chi connectivity index (χ0n) is 13.1. The first-order valence-corrected chi connectivity index (χ1v) is 8.80. The molecule has 0 aliphatic heterocycles. The molecule has 0 amide bonds. The first-order chi connectivity index (χ1) is 10.1. The van der Waals surface area contributed by atoms with Crippen LogP contribution < -0.4 is 5.32 Å². The molecule has 3 atom stereocenters. The largest absolute Gasteiger partial charge is 0.382 e. The highest BCUT2D eigenvalue weighted by molar-refractivity contribution is 7.09. The summed E-state index contributed by atoms with van der Waals surface area (Å²) < 4.78 is 0. The molecule has 1 saturated carbocycles. The lowest BCUT2D eigenvalue weighted by Gasteiger charge is -2.35. The highest BCUT2D eigenvalue weighted by atomic mass is 32.1. The van der Waals surface area contributed by atoms with E-state index in [1.54, 1.807) is 11.3 Å². The number of rotatable bonds is 3. The molecule has 2 aromatic rings. The fourth-order valence-electron chi connectivity index (χ4n) is 3.23. The van der Waals surface area contributed by atoms with E-state index in [0.29, 0.717) is 6.04 Å². The van der Waals surface area contributed by atoms with E-state index in [1.807, 2.05) is 0 Å². The molecule has 1 aliphatic rings. The van der Waals surface area contributed by atoms with Gasteiger partial charge in [-0.2, -0.15) is 0 Å². The zero-order valence-corrected chi connectivity index (χ0v) is 13.9. The Hall–Kier alpha value is -1.35. The molecule has 3 unspecified atom stereocenters. The van der Waals surface area contributed by atoms with Crippen LogP contribution >= 0.6 is 11.3 Å². The molecule has 2 nitrogen and oxygen atoms in total. The van der Waals surface area contributed by atoms with E-state index in [4.69, 9.17) is 0 Å². The van der Waals surface area contributed by atoms with E-state index < -0.39 is 0 Å². The second kappa shape index (κ2) is 6.18. The minimum atomic E-state index is 0.612. The molecule has 1 aromatic heterocycles. The average molecular weight is 300 g/mol. The van der Waals surface area contributed by atoms with Crippen LogP contribution in [0, 0.1) is 18.8 Å². The maximum absolute atomic E-state index is 4.55. The molecule has 1 fully saturated rings. The molecular weight excluding hydrogens is 276 g/mol. The van der Waals surface area contributed by atoms with Crippen molar-refractivity contribution in [2.75, 3.05) is 5.32 Å². The van der Waals surface area contributed by atoms with Crippen molar-refractivity contribution in [3.63, 3.8) is 0 Å². The van der Waals surface area contributed by atoms with E-state index in [-0.39, 0.29) is 0 Å². The van der Waals surface area contributed by atoms with E-state index in [2.05, 4.69) is 60.7 Å². The standard InChI is InChI=1S/C18H24N2S/c1-12-5-4-6-17(13(12)2)20-16-9-7-15(8-10-16)18-11-21-14(3)19-18/h7-13,17,20H,4-6H2,1-3H3. The van der Waals surface area contributed by atoms with Crippen LogP contribution in [0.3, 0.4) is 0 Å². The van der Waals surface area contributed by atoms with E-state index in [1.165, 1.54) is 30.5 Å². The third-order valence-corrected chi connectivity index (χ3v) is 5.63. The van der Waals surface area contributed by atoms with Gasteiger partial charge >= 0.3 is 0 Å². The number of aryl methyl sites for hydroxylation is 1. The smallest absolute Gasteiger partial charge is 0.0901 e. The van der Waals surface area contributed by atoms with Gasteiger partial charge in [-0.1, -0.05) is 38.8 Å². The van der Waals surface area contributed by atoms with Crippen molar-refractivity contribution in [2.24, 2.45) is 11.8 Å². The summed E-state index contributed by atoms with van der Waals surface area (Å²) in [6.45, 7) is 6.82. The Bertz CT molecular complexity index is 588. The number of thiazole rings is 1. The predicted molar refractivity (Wildman–Crippen MR) is 91.9 cm³/mol. The van der Waals surface area contributed by atoms with Gasteiger partial charge in [0.1, 0.15) is 0 Å². The van der Waals surface area contributed by atoms with Gasteiger partial charge in [-0.05, 0) is 37.3 Å². The Morgan fingerprint density at radius 1 is 1.14 bits per heavy atom. The molecule has 1 aliphatic carbocycles. The number of hydrogen-bond donors (Lipinski definition) is 1. The summed E-state index contributed by atoms with van der Waals surface area (Å²) in [5.74, 6) is 1.58. The monoisotopic (exact) mass is 300 g/mol. The fraction of sp³-hybridized carbons (Fsp3) is 0.500. The number of benzene rings is 1. The zero-order chi connectivity index (χ0) is 14.8. The molecule has 1 N–H and O–H groups in total. The third kappa shape index (κ3) is 3.29. The van der Waals surface area contributed by atoms with Crippen LogP contribution in [0.1, 0.15) is 38.1 Å². The van der Waals surface area contributed by atoms with Gasteiger partial charge in [-0.3, -0.25) is 0 Å². The Labute approximate surface area is 131 Å². The summed E-state index contributed by atoms with van der Waals surface area (Å²) >= 11 is 1.71. The quantitative estimate of drug-likeness (QED) is 0.826. The van der Waals surface area contributed by atoms with Gasteiger partial charge in [0.05, 0.1) is 10.7 Å². The van der Waals surface area contributed by atoms with Gasteiger partial charge in [-0.25, -0.2) is 4.98 Å². The topological polar surface area (TPSA) is 24.9 Å². The molecule has 0 spiro atoms. The molecule has 3 rings (SSSR count). The Morgan fingerprint density at radius 3 is 2.57 bits per heavy atom. The maximum Gasteiger partial charge on any atom is 0.0901 e. The second-order valence-electron chi connectivity index (χ2n) is 6.35. The van der Waals surface area contributed by atoms with Gasteiger partial charge in [-0.15, -0.1) is 11.3 Å². The molecule has 1 aromatic carbocycles. The molecule has 1 heterocycles. The molecule has 0 radical (unpaired) electrons. The average Bonchev–Trinajstić information content (AvgIpc) is 2.91. The van der Waals surface area contributed by atoms with Crippen LogP contribution in [0.2, 0.25) is 0 Å². The van der Waals surface area contributed by atoms with Crippen LogP contribution in [-0.4, -0.2) is 11.0 Å². The predicted octanol–water partition coefficient (Wildman–Crippen LogP) is 5.36. The maximum atomic E-state index is 4.55. The normalized spacial score (nSPS) is 25.8. The number of nitrogens with zero attached hydrogens (tertiary/aromatic N) is 1. The number of aromatic nitrogens is 1. The van der Waals surface area contributed by atoms with Gasteiger partial charge in [0, 0.05) is 22.7 Å². The van der Waals surface area contributed by atoms with Crippen LogP contribution in [0.25, 0.3) is 11.3 Å². The van der Waals surface area contributed by atoms with Crippen LogP contribution in [0.4, 0.5) is 5.69 Å². The first-order valence-electron chi connectivity index (χ1n) is 7.92. The molecule has 112 valence electrons. The summed E-state index contributed by atoms with van der Waals surface area (Å²) in [5.41, 5.74) is 3.52. The van der Waals surface area contributed by atoms with Gasteiger partial charge in [0.2, 0.25) is 0 Å². The van der Waals surface area contributed by atoms with Crippen molar-refractivity contribution in [2.45, 2.75) is 46.1 Å². The highest BCUT2D eigenvalue weighted by Crippen LogP contribution is 2.32. The minimum Gasteiger partial charge on any atom is -0.382 e. The lowest BCUT2D eigenvalue weighted by molar-refractivity contribution is 0.253. The number of hydrogen-bond acceptors (Lipinski definition) is 3. The molecule has 0 bridgehead atoms. The summed E-state index contributed by atoms with van der Waals surface area (Å²) in [4.78, 5) is 4.55. The van der Waals surface area contributed by atoms with Crippen molar-refractivity contribution < 1.29 is 0 Å². The summed E-state index contributed by atoms with van der Waals surface area (Å²) in [7, 11) is 0. The number of nitrogens with one attached hydrogen (secondary N) is 1. The van der Waals surface area contributed by atoms with E-state index in [0.717, 1.165) is 22.5 Å². The molecule has 21 heavy (non-hydrogen) atoms. The van der Waals surface area contributed by atoms with Crippen LogP contribution in [-0.2, 0) is 0 Å². The molecular formula is C18H24N2S. The van der Waals surface area contributed by atoms with Crippen molar-refractivity contribution in [3.8, 4) is 11.3 Å². The summed E-state index contributed by atoms with van der Waals surface area (Å²) in [6.07, 6.45) is 4.01. The Balaban J connectivity index is 1.69. The molecule has 3 heteroatoms. The van der Waals surface area contributed by atoms with E-state index in [9.17, 15) is 0 Å². The molecule has 0 saturated heterocycles. The van der Waals surface area contributed by atoms with Gasteiger partial charge in [0.25, 0.3) is 0 Å². The van der Waals surface area contributed by atoms with Crippen molar-refractivity contribution in [1.29, 1.82) is 0 Å². The Kier molecular flexibility index (Phi) is 4.29. The lowest BCUT2D eigenvalue weighted by atomic mass is 9.78. The summed E-state index contributed by atoms with van der Waals surface area (Å²) in [6, 6.07) is 9.34. The Morgan fingerprint density at radius 2 is 1.90 bits per heavy atom. The van der Waals surface area contributed by atoms with Crippen LogP contribution in [0.5, 0.6) is 0 Å². The minimum absolute atomic E-state index is 0.612. The highest BCUT2D eigenvalue weighted by Gasteiger charge is 2.26. The van der Waals surface area contributed by atoms with Crippen LogP contribution in [0.15, 0.2) is 29.6 Å². The summed E-state index contributed by atoms with van der Waals surface area (Å²) in [5, 5.41) is 6.98. The van der Waals surface area contributed by atoms with Crippen molar-refractivity contribution in [1.82, 2.24) is 4.98 Å². The van der Waals surface area contributed by atoms with E-state index >= 15 is 0 Å².